The number of rotatable bonds is 5. The second kappa shape index (κ2) is 8.79. The van der Waals surface area contributed by atoms with Gasteiger partial charge in [-0.15, -0.1) is 5.10 Å². The number of ether oxygens (including phenoxy) is 1. The first kappa shape index (κ1) is 22.1. The average Bonchev–Trinajstić information content (AvgIpc) is 3.40. The largest absolute Gasteiger partial charge is 0.437 e. The number of carbonyl (C=O) groups excluding carboxylic acids is 1. The third kappa shape index (κ3) is 4.86. The van der Waals surface area contributed by atoms with Gasteiger partial charge in [0.25, 0.3) is 0 Å². The zero-order valence-electron chi connectivity index (χ0n) is 16.5. The van der Waals surface area contributed by atoms with Crippen molar-refractivity contribution >= 4 is 17.6 Å². The van der Waals surface area contributed by atoms with Crippen LogP contribution in [0.4, 0.5) is 13.2 Å². The molecule has 0 bridgehead atoms. The molecule has 168 valence electrons. The number of hydrogen-bond donors (Lipinski definition) is 1. The number of esters is 1. The molecule has 0 spiro atoms. The highest BCUT2D eigenvalue weighted by molar-refractivity contribution is 6.30. The summed E-state index contributed by atoms with van der Waals surface area (Å²) in [6.07, 6.45) is -2.94. The van der Waals surface area contributed by atoms with E-state index in [4.69, 9.17) is 20.8 Å². The van der Waals surface area contributed by atoms with E-state index in [1.54, 1.807) is 6.07 Å². The first-order valence-corrected chi connectivity index (χ1v) is 10.1. The lowest BCUT2D eigenvalue weighted by molar-refractivity contribution is -0.138. The molecule has 4 rings (SSSR count). The molecule has 1 unspecified atom stereocenters. The van der Waals surface area contributed by atoms with Crippen LogP contribution in [0.15, 0.2) is 51.7 Å². The van der Waals surface area contributed by atoms with E-state index in [9.17, 15) is 22.8 Å². The van der Waals surface area contributed by atoms with E-state index in [0.29, 0.717) is 17.0 Å². The smallest absolute Gasteiger partial charge is 0.425 e. The van der Waals surface area contributed by atoms with Gasteiger partial charge in [0.05, 0.1) is 12.1 Å². The van der Waals surface area contributed by atoms with E-state index in [1.807, 2.05) is 0 Å². The molecule has 3 aromatic rings. The molecule has 0 saturated carbocycles. The molecule has 2 heterocycles. The van der Waals surface area contributed by atoms with Crippen LogP contribution in [0.5, 0.6) is 5.75 Å². The van der Waals surface area contributed by atoms with Crippen LogP contribution < -0.4 is 15.8 Å². The zero-order chi connectivity index (χ0) is 22.9. The van der Waals surface area contributed by atoms with Crippen molar-refractivity contribution in [3.63, 3.8) is 0 Å². The van der Waals surface area contributed by atoms with Crippen LogP contribution in [0.25, 0.3) is 11.5 Å². The first-order valence-electron chi connectivity index (χ1n) is 9.70. The van der Waals surface area contributed by atoms with Crippen LogP contribution in [0.2, 0.25) is 5.02 Å². The Balaban J connectivity index is 1.57. The second-order valence-electron chi connectivity index (χ2n) is 7.23. The Kier molecular flexibility index (Phi) is 6.07. The van der Waals surface area contributed by atoms with Gasteiger partial charge in [0, 0.05) is 16.1 Å². The molecule has 11 heteroatoms. The highest BCUT2D eigenvalue weighted by Crippen LogP contribution is 2.30. The summed E-state index contributed by atoms with van der Waals surface area (Å²) in [7, 11) is 0. The molecule has 1 saturated heterocycles. The van der Waals surface area contributed by atoms with Crippen LogP contribution in [0.1, 0.15) is 24.0 Å². The van der Waals surface area contributed by atoms with Gasteiger partial charge in [-0.25, -0.2) is 9.59 Å². The molecular weight excluding hydrogens is 451 g/mol. The van der Waals surface area contributed by atoms with Crippen molar-refractivity contribution in [2.45, 2.75) is 31.6 Å². The first-order chi connectivity index (χ1) is 15.2. The van der Waals surface area contributed by atoms with Gasteiger partial charge in [0.1, 0.15) is 11.8 Å². The van der Waals surface area contributed by atoms with Crippen molar-refractivity contribution in [3.8, 4) is 17.2 Å². The fraction of sp³-hybridized carbons (Fsp3) is 0.286. The molecule has 0 radical (unpaired) electrons. The van der Waals surface area contributed by atoms with Crippen LogP contribution in [0.3, 0.4) is 0 Å². The summed E-state index contributed by atoms with van der Waals surface area (Å²) in [6, 6.07) is 8.28. The Morgan fingerprint density at radius 2 is 2.00 bits per heavy atom. The Bertz CT molecular complexity index is 1180. The van der Waals surface area contributed by atoms with Crippen molar-refractivity contribution in [1.29, 1.82) is 0 Å². The van der Waals surface area contributed by atoms with E-state index in [1.165, 1.54) is 24.3 Å². The summed E-state index contributed by atoms with van der Waals surface area (Å²) in [5, 5.41) is 7.46. The predicted octanol–water partition coefficient (Wildman–Crippen LogP) is 3.88. The lowest BCUT2D eigenvalue weighted by Gasteiger charge is -2.13. The second-order valence-corrected chi connectivity index (χ2v) is 7.66. The number of hydrogen-bond acceptors (Lipinski definition) is 6. The number of carbonyl (C=O) groups is 1. The van der Waals surface area contributed by atoms with Crippen LogP contribution in [-0.2, 0) is 17.5 Å². The van der Waals surface area contributed by atoms with Crippen molar-refractivity contribution < 1.29 is 27.1 Å². The normalized spacial score (nSPS) is 16.3. The van der Waals surface area contributed by atoms with E-state index in [-0.39, 0.29) is 23.7 Å². The monoisotopic (exact) mass is 467 g/mol. The number of alkyl halides is 3. The minimum Gasteiger partial charge on any atom is -0.425 e. The Morgan fingerprint density at radius 3 is 2.66 bits per heavy atom. The minimum atomic E-state index is -4.48. The fourth-order valence-electron chi connectivity index (χ4n) is 3.32. The maximum absolute atomic E-state index is 12.7. The number of nitrogens with one attached hydrogen (secondary N) is 1. The van der Waals surface area contributed by atoms with Crippen LogP contribution in [0, 0.1) is 0 Å². The summed E-state index contributed by atoms with van der Waals surface area (Å²) in [5.74, 6) is -1.18. The Labute approximate surface area is 184 Å². The van der Waals surface area contributed by atoms with Gasteiger partial charge in [0.2, 0.25) is 5.89 Å². The lowest BCUT2D eigenvalue weighted by atomic mass is 10.1. The molecule has 0 aliphatic carbocycles. The van der Waals surface area contributed by atoms with Gasteiger partial charge < -0.3 is 14.5 Å². The number of nitrogens with zero attached hydrogens (tertiary/aromatic N) is 2. The van der Waals surface area contributed by atoms with Gasteiger partial charge >= 0.3 is 17.9 Å². The van der Waals surface area contributed by atoms with E-state index in [2.05, 4.69) is 10.4 Å². The van der Waals surface area contributed by atoms with E-state index >= 15 is 0 Å². The van der Waals surface area contributed by atoms with E-state index in [0.717, 1.165) is 29.8 Å². The average molecular weight is 468 g/mol. The summed E-state index contributed by atoms with van der Waals surface area (Å²) in [6.45, 7) is 0.610. The van der Waals surface area contributed by atoms with Gasteiger partial charge in [0.15, 0.2) is 0 Å². The zero-order valence-corrected chi connectivity index (χ0v) is 17.2. The standard InChI is InChI=1S/C21H17ClF3N3O4/c22-15-7-8-17(31-19(29)16-2-1-9-26-16)13(10-15)11-28-20(30)32-18(27-28)12-3-5-14(6-4-12)21(23,24)25/h3-8,10,16,26H,1-2,9,11H2. The van der Waals surface area contributed by atoms with E-state index < -0.39 is 29.5 Å². The van der Waals surface area contributed by atoms with Gasteiger partial charge in [-0.1, -0.05) is 11.6 Å². The number of aromatic nitrogens is 2. The highest BCUT2D eigenvalue weighted by Gasteiger charge is 2.30. The summed E-state index contributed by atoms with van der Waals surface area (Å²) >= 11 is 6.06. The summed E-state index contributed by atoms with van der Waals surface area (Å²) in [4.78, 5) is 24.6. The molecule has 0 amide bonds. The predicted molar refractivity (Wildman–Crippen MR) is 108 cm³/mol. The van der Waals surface area contributed by atoms with Gasteiger partial charge in [-0.2, -0.15) is 17.9 Å². The van der Waals surface area contributed by atoms with Crippen LogP contribution in [-0.4, -0.2) is 28.3 Å². The summed E-state index contributed by atoms with van der Waals surface area (Å²) < 4.78 is 49.8. The maximum Gasteiger partial charge on any atom is 0.437 e. The third-order valence-electron chi connectivity index (χ3n) is 4.96. The maximum atomic E-state index is 12.7. The van der Waals surface area contributed by atoms with Crippen molar-refractivity contribution in [1.82, 2.24) is 15.1 Å². The number of benzene rings is 2. The van der Waals surface area contributed by atoms with Crippen LogP contribution >= 0.6 is 11.6 Å². The number of halogens is 4. The molecule has 1 aliphatic heterocycles. The molecule has 1 fully saturated rings. The molecule has 32 heavy (non-hydrogen) atoms. The summed E-state index contributed by atoms with van der Waals surface area (Å²) in [5.41, 5.74) is -0.206. The van der Waals surface area contributed by atoms with Crippen molar-refractivity contribution in [2.24, 2.45) is 0 Å². The Morgan fingerprint density at radius 1 is 1.25 bits per heavy atom. The molecule has 1 N–H and O–H groups in total. The fourth-order valence-corrected chi connectivity index (χ4v) is 3.52. The lowest BCUT2D eigenvalue weighted by Crippen LogP contribution is -2.34. The Hall–Kier alpha value is -3.11. The van der Waals surface area contributed by atoms with Crippen molar-refractivity contribution in [3.05, 3.63) is 69.2 Å². The third-order valence-corrected chi connectivity index (χ3v) is 5.20. The molecule has 1 aromatic heterocycles. The van der Waals surface area contributed by atoms with Crippen molar-refractivity contribution in [2.75, 3.05) is 6.54 Å². The highest BCUT2D eigenvalue weighted by atomic mass is 35.5. The van der Waals surface area contributed by atoms with Gasteiger partial charge in [-0.05, 0) is 61.9 Å². The molecule has 7 nitrogen and oxygen atoms in total. The SMILES string of the molecule is O=C(Oc1ccc(Cl)cc1Cn1nc(-c2ccc(C(F)(F)F)cc2)oc1=O)C1CCCN1. The quantitative estimate of drug-likeness (QED) is 0.452. The topological polar surface area (TPSA) is 86.4 Å². The molecule has 1 aliphatic rings. The minimum absolute atomic E-state index is 0.121. The molecular formula is C21H17ClF3N3O4. The molecule has 1 atom stereocenters. The van der Waals surface area contributed by atoms with Gasteiger partial charge in [-0.3, -0.25) is 0 Å². The molecule has 2 aromatic carbocycles.